The largest absolute Gasteiger partial charge is 0.271 e. The average Bonchev–Trinajstić information content (AvgIpc) is 2.54. The molecule has 0 aliphatic carbocycles. The minimum Gasteiger partial charge on any atom is -0.271 e. The molecule has 0 atom stereocenters. The van der Waals surface area contributed by atoms with Gasteiger partial charge in [-0.05, 0) is 25.1 Å². The fourth-order valence-corrected chi connectivity index (χ4v) is 3.07. The van der Waals surface area contributed by atoms with Crippen molar-refractivity contribution in [3.05, 3.63) is 64.7 Å². The molecular formula is C17H18ClN3O3S. The van der Waals surface area contributed by atoms with Crippen LogP contribution in [0.2, 0.25) is 5.02 Å². The molecule has 0 spiro atoms. The van der Waals surface area contributed by atoms with Crippen molar-refractivity contribution in [3.8, 4) is 0 Å². The third kappa shape index (κ3) is 5.58. The van der Waals surface area contributed by atoms with Crippen molar-refractivity contribution in [2.24, 2.45) is 5.10 Å². The van der Waals surface area contributed by atoms with Crippen LogP contribution in [0.25, 0.3) is 0 Å². The quantitative estimate of drug-likeness (QED) is 0.618. The van der Waals surface area contributed by atoms with Gasteiger partial charge in [0.2, 0.25) is 10.0 Å². The van der Waals surface area contributed by atoms with Crippen LogP contribution in [0, 0.1) is 6.92 Å². The number of benzene rings is 2. The molecule has 0 radical (unpaired) electrons. The Kier molecular flexibility index (Phi) is 6.17. The Balaban J connectivity index is 2.07. The Hall–Kier alpha value is -2.38. The zero-order chi connectivity index (χ0) is 18.4. The summed E-state index contributed by atoms with van der Waals surface area (Å²) in [4.78, 5) is 12.1. The van der Waals surface area contributed by atoms with Gasteiger partial charge >= 0.3 is 0 Å². The fraction of sp³-hybridized carbons (Fsp3) is 0.176. The molecule has 0 aromatic heterocycles. The van der Waals surface area contributed by atoms with E-state index in [2.05, 4.69) is 10.5 Å². The Morgan fingerprint density at radius 3 is 2.44 bits per heavy atom. The molecule has 25 heavy (non-hydrogen) atoms. The summed E-state index contributed by atoms with van der Waals surface area (Å²) in [7, 11) is -3.61. The summed E-state index contributed by atoms with van der Waals surface area (Å²) in [5.41, 5.74) is 4.36. The number of hydrogen-bond acceptors (Lipinski definition) is 4. The van der Waals surface area contributed by atoms with Crippen molar-refractivity contribution < 1.29 is 13.2 Å². The first kappa shape index (κ1) is 19.0. The van der Waals surface area contributed by atoms with Gasteiger partial charge in [0.1, 0.15) is 6.54 Å². The summed E-state index contributed by atoms with van der Waals surface area (Å²) < 4.78 is 25.0. The molecule has 132 valence electrons. The lowest BCUT2D eigenvalue weighted by molar-refractivity contribution is -0.119. The number of halogens is 1. The average molecular weight is 380 g/mol. The third-order valence-electron chi connectivity index (χ3n) is 3.31. The van der Waals surface area contributed by atoms with Crippen LogP contribution >= 0.6 is 11.6 Å². The van der Waals surface area contributed by atoms with Crippen molar-refractivity contribution in [3.63, 3.8) is 0 Å². The SMILES string of the molecule is Cc1ccc(N(CC(=O)N/N=C\c2ccccc2Cl)S(C)(=O)=O)cc1. The van der Waals surface area contributed by atoms with Crippen LogP contribution in [0.5, 0.6) is 0 Å². The van der Waals surface area contributed by atoms with Gasteiger partial charge in [-0.2, -0.15) is 5.10 Å². The summed E-state index contributed by atoms with van der Waals surface area (Å²) in [6, 6.07) is 13.9. The van der Waals surface area contributed by atoms with E-state index in [1.807, 2.05) is 6.92 Å². The molecule has 0 heterocycles. The van der Waals surface area contributed by atoms with E-state index >= 15 is 0 Å². The number of sulfonamides is 1. The van der Waals surface area contributed by atoms with E-state index in [9.17, 15) is 13.2 Å². The number of rotatable bonds is 6. The zero-order valence-corrected chi connectivity index (χ0v) is 15.4. The molecule has 0 saturated carbocycles. The fourth-order valence-electron chi connectivity index (χ4n) is 2.03. The van der Waals surface area contributed by atoms with Gasteiger partial charge in [-0.3, -0.25) is 9.10 Å². The number of nitrogens with zero attached hydrogens (tertiary/aromatic N) is 2. The highest BCUT2D eigenvalue weighted by molar-refractivity contribution is 7.92. The number of anilines is 1. The monoisotopic (exact) mass is 379 g/mol. The van der Waals surface area contributed by atoms with E-state index in [4.69, 9.17) is 11.6 Å². The molecule has 1 amide bonds. The van der Waals surface area contributed by atoms with E-state index in [-0.39, 0.29) is 6.54 Å². The third-order valence-corrected chi connectivity index (χ3v) is 4.79. The molecule has 6 nitrogen and oxygen atoms in total. The lowest BCUT2D eigenvalue weighted by Crippen LogP contribution is -2.39. The zero-order valence-electron chi connectivity index (χ0n) is 13.8. The van der Waals surface area contributed by atoms with Gasteiger partial charge < -0.3 is 0 Å². The lowest BCUT2D eigenvalue weighted by atomic mass is 10.2. The molecular weight excluding hydrogens is 362 g/mol. The number of hydrogen-bond donors (Lipinski definition) is 1. The number of nitrogens with one attached hydrogen (secondary N) is 1. The van der Waals surface area contributed by atoms with Gasteiger partial charge in [0, 0.05) is 10.6 Å². The highest BCUT2D eigenvalue weighted by Crippen LogP contribution is 2.17. The number of hydrazone groups is 1. The minimum absolute atomic E-state index is 0.373. The molecule has 0 aliphatic heterocycles. The molecule has 0 fully saturated rings. The molecule has 0 aliphatic rings. The second-order valence-corrected chi connectivity index (χ2v) is 7.73. The van der Waals surface area contributed by atoms with Crippen LogP contribution < -0.4 is 9.73 Å². The second kappa shape index (κ2) is 8.13. The van der Waals surface area contributed by atoms with Gasteiger partial charge in [-0.25, -0.2) is 13.8 Å². The van der Waals surface area contributed by atoms with Crippen molar-refractivity contribution in [2.75, 3.05) is 17.1 Å². The first-order valence-corrected chi connectivity index (χ1v) is 9.61. The minimum atomic E-state index is -3.61. The van der Waals surface area contributed by atoms with Crippen LogP contribution in [0.4, 0.5) is 5.69 Å². The maximum Gasteiger partial charge on any atom is 0.260 e. The van der Waals surface area contributed by atoms with Crippen molar-refractivity contribution >= 4 is 39.4 Å². The highest BCUT2D eigenvalue weighted by atomic mass is 35.5. The van der Waals surface area contributed by atoms with Crippen LogP contribution in [-0.2, 0) is 14.8 Å². The summed E-state index contributed by atoms with van der Waals surface area (Å²) in [6.07, 6.45) is 2.45. The molecule has 0 unspecified atom stereocenters. The van der Waals surface area contributed by atoms with Crippen molar-refractivity contribution in [2.45, 2.75) is 6.92 Å². The first-order chi connectivity index (χ1) is 11.8. The standard InChI is InChI=1S/C17H18ClN3O3S/c1-13-7-9-15(10-8-13)21(25(2,23)24)12-17(22)20-19-11-14-5-3-4-6-16(14)18/h3-11H,12H2,1-2H3,(H,20,22)/b19-11-. The van der Waals surface area contributed by atoms with Crippen LogP contribution in [0.15, 0.2) is 53.6 Å². The van der Waals surface area contributed by atoms with Gasteiger partial charge in [0.25, 0.3) is 5.91 Å². The Bertz CT molecular complexity index is 880. The second-order valence-electron chi connectivity index (χ2n) is 5.42. The van der Waals surface area contributed by atoms with Crippen molar-refractivity contribution in [1.82, 2.24) is 5.43 Å². The van der Waals surface area contributed by atoms with Crippen LogP contribution in [0.3, 0.4) is 0 Å². The highest BCUT2D eigenvalue weighted by Gasteiger charge is 2.20. The summed E-state index contributed by atoms with van der Waals surface area (Å²) in [6.45, 7) is 1.52. The molecule has 0 bridgehead atoms. The number of carbonyl (C=O) groups is 1. The summed E-state index contributed by atoms with van der Waals surface area (Å²) in [5.74, 6) is -0.561. The Labute approximate surface area is 152 Å². The van der Waals surface area contributed by atoms with Gasteiger partial charge in [-0.15, -0.1) is 0 Å². The van der Waals surface area contributed by atoms with E-state index in [0.717, 1.165) is 16.1 Å². The molecule has 8 heteroatoms. The predicted molar refractivity (Wildman–Crippen MR) is 101 cm³/mol. The maximum atomic E-state index is 12.1. The number of amides is 1. The summed E-state index contributed by atoms with van der Waals surface area (Å²) in [5, 5.41) is 4.31. The maximum absolute atomic E-state index is 12.1. The van der Waals surface area contributed by atoms with Crippen LogP contribution in [-0.4, -0.2) is 33.3 Å². The molecule has 1 N–H and O–H groups in total. The number of aryl methyl sites for hydroxylation is 1. The smallest absolute Gasteiger partial charge is 0.260 e. The van der Waals surface area contributed by atoms with Crippen LogP contribution in [0.1, 0.15) is 11.1 Å². The first-order valence-electron chi connectivity index (χ1n) is 7.38. The summed E-state index contributed by atoms with van der Waals surface area (Å²) >= 11 is 5.99. The lowest BCUT2D eigenvalue weighted by Gasteiger charge is -2.21. The topological polar surface area (TPSA) is 78.8 Å². The predicted octanol–water partition coefficient (Wildman–Crippen LogP) is 2.56. The number of carbonyl (C=O) groups excluding carboxylic acids is 1. The Morgan fingerprint density at radius 2 is 1.84 bits per heavy atom. The van der Waals surface area contributed by atoms with Gasteiger partial charge in [-0.1, -0.05) is 47.5 Å². The van der Waals surface area contributed by atoms with Gasteiger partial charge in [0.15, 0.2) is 0 Å². The van der Waals surface area contributed by atoms with E-state index in [1.165, 1.54) is 6.21 Å². The molecule has 0 saturated heterocycles. The Morgan fingerprint density at radius 1 is 1.20 bits per heavy atom. The van der Waals surface area contributed by atoms with E-state index in [1.54, 1.807) is 48.5 Å². The van der Waals surface area contributed by atoms with Gasteiger partial charge in [0.05, 0.1) is 18.2 Å². The normalized spacial score (nSPS) is 11.5. The molecule has 2 aromatic rings. The molecule has 2 rings (SSSR count). The van der Waals surface area contributed by atoms with E-state index in [0.29, 0.717) is 16.3 Å². The van der Waals surface area contributed by atoms with Crippen molar-refractivity contribution in [1.29, 1.82) is 0 Å². The molecule has 2 aromatic carbocycles. The van der Waals surface area contributed by atoms with E-state index < -0.39 is 15.9 Å².